The Kier molecular flexibility index (Phi) is 13.2. The summed E-state index contributed by atoms with van der Waals surface area (Å²) in [5.74, 6) is -0.415. The summed E-state index contributed by atoms with van der Waals surface area (Å²) in [6.45, 7) is 10.8. The Morgan fingerprint density at radius 2 is 1.45 bits per heavy atom. The number of piperazine rings is 1. The number of phenols is 1. The zero-order chi connectivity index (χ0) is 39.1. The number of urea groups is 1. The highest BCUT2D eigenvalue weighted by atomic mass is 16.6. The molecule has 0 radical (unpaired) electrons. The first-order chi connectivity index (χ1) is 26.5. The average molecular weight is 761 g/mol. The molecule has 2 N–H and O–H groups in total. The predicted octanol–water partition coefficient (Wildman–Crippen LogP) is 4.09. The minimum absolute atomic E-state index is 0.0141. The van der Waals surface area contributed by atoms with Crippen LogP contribution in [0.3, 0.4) is 0 Å². The molecule has 14 nitrogen and oxygen atoms in total. The lowest BCUT2D eigenvalue weighted by atomic mass is 9.98. The van der Waals surface area contributed by atoms with Crippen LogP contribution < -0.4 is 5.32 Å². The maximum absolute atomic E-state index is 14.2. The van der Waals surface area contributed by atoms with Gasteiger partial charge in [0.1, 0.15) is 5.75 Å². The molecule has 0 saturated carbocycles. The van der Waals surface area contributed by atoms with Gasteiger partial charge in [-0.1, -0.05) is 30.3 Å². The van der Waals surface area contributed by atoms with Crippen LogP contribution >= 0.6 is 0 Å². The number of hydrogen-bond donors (Lipinski definition) is 2. The van der Waals surface area contributed by atoms with Crippen LogP contribution in [0, 0.1) is 13.8 Å². The molecule has 0 spiro atoms. The molecule has 298 valence electrons. The second-order valence-corrected chi connectivity index (χ2v) is 15.2. The second-order valence-electron chi connectivity index (χ2n) is 15.2. The third-order valence-corrected chi connectivity index (χ3v) is 11.6. The molecule has 2 aromatic carbocycles. The number of aromatic hydroxyl groups is 1. The van der Waals surface area contributed by atoms with Crippen molar-refractivity contribution >= 4 is 35.6 Å². The molecule has 3 saturated heterocycles. The van der Waals surface area contributed by atoms with Gasteiger partial charge in [-0.2, -0.15) is 0 Å². The topological polar surface area (TPSA) is 152 Å². The normalized spacial score (nSPS) is 19.3. The van der Waals surface area contributed by atoms with Crippen molar-refractivity contribution in [3.8, 4) is 5.75 Å². The van der Waals surface area contributed by atoms with Crippen LogP contribution in [0.2, 0.25) is 0 Å². The molecule has 3 fully saturated rings. The van der Waals surface area contributed by atoms with Crippen molar-refractivity contribution in [2.45, 2.75) is 90.3 Å². The van der Waals surface area contributed by atoms with Crippen molar-refractivity contribution < 1.29 is 38.6 Å². The van der Waals surface area contributed by atoms with Gasteiger partial charge in [-0.15, -0.1) is 0 Å². The van der Waals surface area contributed by atoms with E-state index in [-0.39, 0.29) is 60.9 Å². The van der Waals surface area contributed by atoms with E-state index >= 15 is 0 Å². The number of rotatable bonds is 10. The first-order valence-corrected chi connectivity index (χ1v) is 19.9. The summed E-state index contributed by atoms with van der Waals surface area (Å²) in [5.41, 5.74) is 4.13. The molecule has 0 aromatic heterocycles. The Balaban J connectivity index is 1.03. The predicted molar refractivity (Wildman–Crippen MR) is 206 cm³/mol. The first-order valence-electron chi connectivity index (χ1n) is 19.9. The quantitative estimate of drug-likeness (QED) is 0.342. The molecular formula is C41H56N6O8. The highest BCUT2D eigenvalue weighted by Crippen LogP contribution is 2.28. The van der Waals surface area contributed by atoms with E-state index in [2.05, 4.69) is 10.2 Å². The van der Waals surface area contributed by atoms with Gasteiger partial charge in [-0.25, -0.2) is 9.59 Å². The summed E-state index contributed by atoms with van der Waals surface area (Å²) >= 11 is 0. The number of fused-ring (bicyclic) bond motifs is 1. The fourth-order valence-corrected chi connectivity index (χ4v) is 8.44. The lowest BCUT2D eigenvalue weighted by molar-refractivity contribution is -0.146. The van der Waals surface area contributed by atoms with Crippen molar-refractivity contribution in [1.29, 1.82) is 0 Å². The number of nitrogens with zero attached hydrogens (tertiary/aromatic N) is 5. The molecule has 6 rings (SSSR count). The molecule has 4 aliphatic rings. The van der Waals surface area contributed by atoms with Gasteiger partial charge in [0.05, 0.1) is 13.0 Å². The van der Waals surface area contributed by atoms with Crippen LogP contribution in [0.4, 0.5) is 15.3 Å². The Morgan fingerprint density at radius 1 is 0.818 bits per heavy atom. The molecule has 0 bridgehead atoms. The molecule has 55 heavy (non-hydrogen) atoms. The Labute approximate surface area is 323 Å². The molecule has 2 aromatic rings. The number of carbonyl (C=O) groups excluding carboxylic acids is 5. The zero-order valence-electron chi connectivity index (χ0n) is 32.5. The van der Waals surface area contributed by atoms with Crippen LogP contribution in [0.15, 0.2) is 36.4 Å². The standard InChI is InChI=1S/C41H56N6O8/c1-4-54-37(49)10-9-36(48)44-23-21-43(22-24-44)32-12-16-45(17-13-32)39(51)35(27-30-25-28(2)38(50)29(3)26-30)55-41(53)46-18-14-33(15-19-46)47-20-11-31-7-5-6-8-34(31)42-40(47)52/h5-8,25-26,32-33,35,50H,4,9-24,27H2,1-3H3,(H,42,52)/t35-/m1/s1. The summed E-state index contributed by atoms with van der Waals surface area (Å²) in [7, 11) is 0. The molecule has 14 heteroatoms. The molecule has 0 aliphatic carbocycles. The van der Waals surface area contributed by atoms with Crippen molar-refractivity contribution in [3.05, 3.63) is 58.7 Å². The van der Waals surface area contributed by atoms with E-state index in [1.807, 2.05) is 60.0 Å². The summed E-state index contributed by atoms with van der Waals surface area (Å²) in [6.07, 6.45) is 2.36. The van der Waals surface area contributed by atoms with Crippen LogP contribution in [0.5, 0.6) is 5.75 Å². The summed E-state index contributed by atoms with van der Waals surface area (Å²) in [6, 6.07) is 11.6. The number of anilines is 1. The Morgan fingerprint density at radius 3 is 2.13 bits per heavy atom. The maximum Gasteiger partial charge on any atom is 0.410 e. The molecule has 1 atom stereocenters. The Bertz CT molecular complexity index is 1690. The molecule has 4 heterocycles. The van der Waals surface area contributed by atoms with E-state index in [1.54, 1.807) is 16.7 Å². The average Bonchev–Trinajstić information content (AvgIpc) is 3.36. The number of piperidine rings is 2. The van der Waals surface area contributed by atoms with Crippen molar-refractivity contribution in [2.24, 2.45) is 0 Å². The highest BCUT2D eigenvalue weighted by Gasteiger charge is 2.37. The number of nitrogens with one attached hydrogen (secondary N) is 1. The molecule has 4 aliphatic heterocycles. The fraction of sp³-hybridized carbons (Fsp3) is 0.585. The molecule has 5 amide bonds. The van der Waals surface area contributed by atoms with E-state index in [0.29, 0.717) is 76.4 Å². The minimum Gasteiger partial charge on any atom is -0.507 e. The number of benzene rings is 2. The number of likely N-dealkylation sites (tertiary alicyclic amines) is 2. The Hall–Kier alpha value is -4.85. The number of ether oxygens (including phenoxy) is 2. The van der Waals surface area contributed by atoms with Crippen molar-refractivity contribution in [1.82, 2.24) is 24.5 Å². The van der Waals surface area contributed by atoms with E-state index in [4.69, 9.17) is 9.47 Å². The maximum atomic E-state index is 14.2. The van der Waals surface area contributed by atoms with E-state index in [9.17, 15) is 29.1 Å². The number of carbonyl (C=O) groups is 5. The van der Waals surface area contributed by atoms with Crippen LogP contribution in [0.25, 0.3) is 0 Å². The van der Waals surface area contributed by atoms with Crippen LogP contribution in [-0.2, 0) is 36.7 Å². The zero-order valence-corrected chi connectivity index (χ0v) is 32.5. The van der Waals surface area contributed by atoms with Gasteiger partial charge in [0, 0.05) is 89.5 Å². The van der Waals surface area contributed by atoms with Gasteiger partial charge in [0.25, 0.3) is 5.91 Å². The summed E-state index contributed by atoms with van der Waals surface area (Å²) in [5, 5.41) is 13.4. The summed E-state index contributed by atoms with van der Waals surface area (Å²) < 4.78 is 11.0. The smallest absolute Gasteiger partial charge is 0.410 e. The van der Waals surface area contributed by atoms with Gasteiger partial charge in [-0.05, 0) is 81.2 Å². The molecular weight excluding hydrogens is 704 g/mol. The van der Waals surface area contributed by atoms with Crippen LogP contribution in [0.1, 0.15) is 67.7 Å². The monoisotopic (exact) mass is 760 g/mol. The third kappa shape index (κ3) is 9.88. The number of phenolic OH excluding ortho intramolecular Hbond substituents is 1. The fourth-order valence-electron chi connectivity index (χ4n) is 8.44. The largest absolute Gasteiger partial charge is 0.507 e. The van der Waals surface area contributed by atoms with Gasteiger partial charge in [0.2, 0.25) is 5.91 Å². The number of aryl methyl sites for hydroxylation is 2. The van der Waals surface area contributed by atoms with Gasteiger partial charge in [0.15, 0.2) is 6.10 Å². The van der Waals surface area contributed by atoms with E-state index in [0.717, 1.165) is 49.2 Å². The SMILES string of the molecule is CCOC(=O)CCC(=O)N1CCN(C2CCN(C(=O)[C@@H](Cc3cc(C)c(O)c(C)c3)OC(=O)N3CCC(N4CCc5ccccc5NC4=O)CC3)CC2)CC1. The first kappa shape index (κ1) is 39.8. The second kappa shape index (κ2) is 18.2. The molecule has 0 unspecified atom stereocenters. The highest BCUT2D eigenvalue weighted by molar-refractivity contribution is 5.91. The van der Waals surface area contributed by atoms with Crippen molar-refractivity contribution in [2.75, 3.05) is 70.8 Å². The third-order valence-electron chi connectivity index (χ3n) is 11.6. The minimum atomic E-state index is -1.04. The van der Waals surface area contributed by atoms with Crippen LogP contribution in [-0.4, -0.2) is 143 Å². The van der Waals surface area contributed by atoms with E-state index in [1.165, 1.54) is 0 Å². The lowest BCUT2D eigenvalue weighted by Gasteiger charge is -2.43. The van der Waals surface area contributed by atoms with Gasteiger partial charge >= 0.3 is 18.1 Å². The summed E-state index contributed by atoms with van der Waals surface area (Å²) in [4.78, 5) is 74.9. The van der Waals surface area contributed by atoms with Crippen molar-refractivity contribution in [3.63, 3.8) is 0 Å². The van der Waals surface area contributed by atoms with Gasteiger partial charge < -0.3 is 39.5 Å². The number of esters is 1. The van der Waals surface area contributed by atoms with Gasteiger partial charge in [-0.3, -0.25) is 19.3 Å². The number of hydrogen-bond acceptors (Lipinski definition) is 9. The van der Waals surface area contributed by atoms with E-state index < -0.39 is 12.2 Å². The number of amides is 5. The lowest BCUT2D eigenvalue weighted by Crippen LogP contribution is -2.56. The number of para-hydroxylation sites is 1.